The van der Waals surface area contributed by atoms with Crippen LogP contribution in [0.1, 0.15) is 0 Å². The Kier molecular flexibility index (Phi) is 7.33. The molecule has 1 aliphatic heterocycles. The van der Waals surface area contributed by atoms with Crippen LogP contribution in [-0.4, -0.2) is 21.9 Å². The fourth-order valence-electron chi connectivity index (χ4n) is 2.12. The summed E-state index contributed by atoms with van der Waals surface area (Å²) in [6.45, 7) is 2.01. The number of aromatic nitrogens is 2. The molecule has 0 bridgehead atoms. The predicted molar refractivity (Wildman–Crippen MR) is 95.3 cm³/mol. The molecule has 0 fully saturated rings. The van der Waals surface area contributed by atoms with Gasteiger partial charge < -0.3 is 19.8 Å². The van der Waals surface area contributed by atoms with Gasteiger partial charge in [0.2, 0.25) is 0 Å². The normalized spacial score (nSPS) is 12.2. The first-order valence-corrected chi connectivity index (χ1v) is 7.56. The molecule has 3 heterocycles. The van der Waals surface area contributed by atoms with E-state index in [0.29, 0.717) is 0 Å². The monoisotopic (exact) mass is 506 g/mol. The summed E-state index contributed by atoms with van der Waals surface area (Å²) in [6.07, 6.45) is 9.22. The van der Waals surface area contributed by atoms with Crippen LogP contribution in [0, 0.1) is 18.8 Å². The van der Waals surface area contributed by atoms with E-state index in [2.05, 4.69) is 22.1 Å². The molecule has 0 saturated heterocycles. The molecule has 0 aliphatic carbocycles. The van der Waals surface area contributed by atoms with Gasteiger partial charge in [-0.3, -0.25) is 0 Å². The van der Waals surface area contributed by atoms with Crippen molar-refractivity contribution in [2.45, 2.75) is 0 Å². The fourth-order valence-corrected chi connectivity index (χ4v) is 2.12. The number of para-hydroxylation sites is 1. The van der Waals surface area contributed by atoms with E-state index in [-0.39, 0.29) is 20.1 Å². The molecule has 0 spiro atoms. The third kappa shape index (κ3) is 5.52. The Morgan fingerprint density at radius 3 is 2.44 bits per heavy atom. The first-order valence-electron chi connectivity index (χ1n) is 7.56. The van der Waals surface area contributed by atoms with E-state index >= 15 is 0 Å². The Balaban J connectivity index is 0.000000173. The molecule has 4 rings (SSSR count). The number of nitrogens with zero attached hydrogens (tertiary/aromatic N) is 4. The largest absolute Gasteiger partial charge is 3.00 e. The summed E-state index contributed by atoms with van der Waals surface area (Å²) in [5.41, 5.74) is 2.90. The standard InChI is InChI=1S/C10H10N2.C10H7N2.Ir/c1-11-7-8-12(9-11)10-5-3-2-4-6-10;1-2-7-12-10(5-1)9-4-3-6-11-8-9;/h2-5,7-9H,1H3;1-3,5-8H;/q-2;-1;+3. The van der Waals surface area contributed by atoms with E-state index in [4.69, 9.17) is 0 Å². The minimum absolute atomic E-state index is 0. The van der Waals surface area contributed by atoms with E-state index in [9.17, 15) is 0 Å². The summed E-state index contributed by atoms with van der Waals surface area (Å²) in [5, 5.41) is 0. The smallest absolute Gasteiger partial charge is 0.510 e. The molecule has 1 aliphatic rings. The van der Waals surface area contributed by atoms with Crippen LogP contribution >= 0.6 is 0 Å². The topological polar surface area (TPSA) is 32.3 Å². The van der Waals surface area contributed by atoms with Crippen molar-refractivity contribution in [1.82, 2.24) is 14.9 Å². The molecule has 5 heteroatoms. The Bertz CT molecular complexity index is 726. The van der Waals surface area contributed by atoms with Gasteiger partial charge in [-0.15, -0.1) is 23.4 Å². The zero-order valence-corrected chi connectivity index (χ0v) is 16.1. The van der Waals surface area contributed by atoms with Crippen LogP contribution in [-0.2, 0) is 20.1 Å². The van der Waals surface area contributed by atoms with E-state index in [1.165, 1.54) is 0 Å². The maximum absolute atomic E-state index is 4.18. The zero-order valence-electron chi connectivity index (χ0n) is 13.7. The van der Waals surface area contributed by atoms with Gasteiger partial charge in [0, 0.05) is 6.20 Å². The Morgan fingerprint density at radius 2 is 1.84 bits per heavy atom. The maximum Gasteiger partial charge on any atom is 3.00 e. The van der Waals surface area contributed by atoms with Crippen molar-refractivity contribution in [1.29, 1.82) is 0 Å². The van der Waals surface area contributed by atoms with Gasteiger partial charge in [0.05, 0.1) is 0 Å². The molecular formula is C20H17IrN4. The van der Waals surface area contributed by atoms with Gasteiger partial charge in [0.15, 0.2) is 0 Å². The SMILES string of the molecule is CN1C=CN(c2[c-]cccc2)[CH-]1.[Ir+3].[c-]1ccncc1-c1ccccn1. The van der Waals surface area contributed by atoms with Crippen LogP contribution in [0.15, 0.2) is 79.5 Å². The first-order chi connectivity index (χ1) is 11.8. The molecule has 0 amide bonds. The van der Waals surface area contributed by atoms with Crippen molar-refractivity contribution in [3.63, 3.8) is 0 Å². The van der Waals surface area contributed by atoms with Gasteiger partial charge >= 0.3 is 20.1 Å². The Labute approximate surface area is 162 Å². The van der Waals surface area contributed by atoms with Gasteiger partial charge in [0.1, 0.15) is 0 Å². The summed E-state index contributed by atoms with van der Waals surface area (Å²) in [4.78, 5) is 12.2. The van der Waals surface area contributed by atoms with Crippen molar-refractivity contribution in [2.75, 3.05) is 11.9 Å². The average Bonchev–Trinajstić information content (AvgIpc) is 3.11. The number of anilines is 1. The van der Waals surface area contributed by atoms with E-state index in [1.54, 1.807) is 24.7 Å². The summed E-state index contributed by atoms with van der Waals surface area (Å²) in [5.74, 6) is 0. The van der Waals surface area contributed by atoms with E-state index in [0.717, 1.165) is 16.9 Å². The molecule has 3 aromatic rings. The number of benzene rings is 1. The minimum Gasteiger partial charge on any atom is -0.510 e. The molecule has 0 unspecified atom stereocenters. The van der Waals surface area contributed by atoms with Crippen molar-refractivity contribution in [2.24, 2.45) is 0 Å². The number of rotatable bonds is 2. The third-order valence-corrected chi connectivity index (χ3v) is 3.28. The van der Waals surface area contributed by atoms with Crippen molar-refractivity contribution in [3.05, 3.63) is 98.3 Å². The van der Waals surface area contributed by atoms with Crippen LogP contribution in [0.3, 0.4) is 0 Å². The van der Waals surface area contributed by atoms with Gasteiger partial charge in [-0.25, -0.2) is 0 Å². The van der Waals surface area contributed by atoms with E-state index in [1.807, 2.05) is 78.4 Å². The second-order valence-corrected chi connectivity index (χ2v) is 5.10. The molecule has 0 radical (unpaired) electrons. The minimum atomic E-state index is 0. The second kappa shape index (κ2) is 9.72. The first kappa shape index (κ1) is 18.8. The van der Waals surface area contributed by atoms with Crippen molar-refractivity contribution >= 4 is 5.69 Å². The third-order valence-electron chi connectivity index (χ3n) is 3.28. The van der Waals surface area contributed by atoms with Crippen molar-refractivity contribution in [3.8, 4) is 11.3 Å². The molecule has 0 saturated carbocycles. The Hall–Kier alpha value is -2.49. The van der Waals surface area contributed by atoms with Crippen LogP contribution in [0.5, 0.6) is 0 Å². The molecule has 2 aromatic heterocycles. The van der Waals surface area contributed by atoms with E-state index < -0.39 is 0 Å². The van der Waals surface area contributed by atoms with Crippen LogP contribution < -0.4 is 4.90 Å². The average molecular weight is 506 g/mol. The van der Waals surface area contributed by atoms with Gasteiger partial charge in [0.25, 0.3) is 0 Å². The molecule has 0 atom stereocenters. The van der Waals surface area contributed by atoms with Crippen molar-refractivity contribution < 1.29 is 20.1 Å². The predicted octanol–water partition coefficient (Wildman–Crippen LogP) is 3.77. The molecule has 126 valence electrons. The van der Waals surface area contributed by atoms with Gasteiger partial charge in [-0.05, 0) is 31.2 Å². The molecule has 1 aromatic carbocycles. The number of hydrogen-bond acceptors (Lipinski definition) is 4. The molecule has 0 N–H and O–H groups in total. The van der Waals surface area contributed by atoms with Crippen LogP contribution in [0.25, 0.3) is 11.3 Å². The summed E-state index contributed by atoms with van der Waals surface area (Å²) >= 11 is 0. The fraction of sp³-hybridized carbons (Fsp3) is 0.0500. The molecule has 25 heavy (non-hydrogen) atoms. The van der Waals surface area contributed by atoms with Crippen LogP contribution in [0.2, 0.25) is 0 Å². The molecular weight excluding hydrogens is 488 g/mol. The second-order valence-electron chi connectivity index (χ2n) is 5.10. The quantitative estimate of drug-likeness (QED) is 0.497. The molecule has 4 nitrogen and oxygen atoms in total. The number of pyridine rings is 2. The number of hydrogen-bond donors (Lipinski definition) is 0. The summed E-state index contributed by atoms with van der Waals surface area (Å²) < 4.78 is 0. The van der Waals surface area contributed by atoms with Gasteiger partial charge in [-0.2, -0.15) is 37.0 Å². The summed E-state index contributed by atoms with van der Waals surface area (Å²) in [6, 6.07) is 21.7. The Morgan fingerprint density at radius 1 is 0.960 bits per heavy atom. The maximum atomic E-state index is 4.18. The van der Waals surface area contributed by atoms with Crippen LogP contribution in [0.4, 0.5) is 5.69 Å². The zero-order chi connectivity index (χ0) is 16.6. The summed E-state index contributed by atoms with van der Waals surface area (Å²) in [7, 11) is 2.00. The van der Waals surface area contributed by atoms with Gasteiger partial charge in [-0.1, -0.05) is 24.5 Å².